The van der Waals surface area contributed by atoms with E-state index < -0.39 is 0 Å². The van der Waals surface area contributed by atoms with Gasteiger partial charge in [-0.05, 0) is 25.3 Å². The van der Waals surface area contributed by atoms with Gasteiger partial charge in [0.2, 0.25) is 11.8 Å². The molecule has 1 aromatic heterocycles. The van der Waals surface area contributed by atoms with Crippen LogP contribution in [-0.4, -0.2) is 58.6 Å². The van der Waals surface area contributed by atoms with Gasteiger partial charge >= 0.3 is 0 Å². The van der Waals surface area contributed by atoms with Crippen LogP contribution in [0, 0.1) is 11.8 Å². The summed E-state index contributed by atoms with van der Waals surface area (Å²) >= 11 is 0. The molecule has 2 N–H and O–H groups in total. The van der Waals surface area contributed by atoms with E-state index in [0.29, 0.717) is 30.8 Å². The van der Waals surface area contributed by atoms with E-state index in [-0.39, 0.29) is 36.1 Å². The predicted molar refractivity (Wildman–Crippen MR) is 109 cm³/mol. The first-order valence-electron chi connectivity index (χ1n) is 9.42. The summed E-state index contributed by atoms with van der Waals surface area (Å²) in [4.78, 5) is 21.6. The quantitative estimate of drug-likeness (QED) is 0.801. The van der Waals surface area contributed by atoms with Crippen LogP contribution in [0.4, 0.5) is 0 Å². The third-order valence-corrected chi connectivity index (χ3v) is 5.44. The van der Waals surface area contributed by atoms with E-state index in [9.17, 15) is 4.79 Å². The lowest BCUT2D eigenvalue weighted by molar-refractivity contribution is -0.138. The largest absolute Gasteiger partial charge is 0.340 e. The maximum atomic E-state index is 12.8. The number of carbonyl (C=O) groups excluding carboxylic acids is 1. The number of hydrogen-bond acceptors (Lipinski definition) is 6. The molecule has 1 aliphatic carbocycles. The lowest BCUT2D eigenvalue weighted by Gasteiger charge is -2.36. The summed E-state index contributed by atoms with van der Waals surface area (Å²) in [7, 11) is 0. The van der Waals surface area contributed by atoms with Crippen LogP contribution in [0.2, 0.25) is 0 Å². The van der Waals surface area contributed by atoms with E-state index in [1.807, 2.05) is 4.90 Å². The Labute approximate surface area is 174 Å². The van der Waals surface area contributed by atoms with E-state index in [4.69, 9.17) is 10.3 Å². The molecule has 0 spiro atoms. The van der Waals surface area contributed by atoms with Gasteiger partial charge in [-0.3, -0.25) is 9.69 Å². The van der Waals surface area contributed by atoms with Crippen LogP contribution in [-0.2, 0) is 16.8 Å². The second kappa shape index (κ2) is 10.0. The smallest absolute Gasteiger partial charge is 0.232 e. The summed E-state index contributed by atoms with van der Waals surface area (Å²) in [5.74, 6) is 2.22. The summed E-state index contributed by atoms with van der Waals surface area (Å²) in [5, 5.41) is 4.09. The summed E-state index contributed by atoms with van der Waals surface area (Å²) < 4.78 is 5.36. The normalized spacial score (nSPS) is 23.6. The molecule has 156 valence electrons. The molecule has 0 unspecified atom stereocenters. The topological polar surface area (TPSA) is 88.5 Å². The van der Waals surface area contributed by atoms with Crippen molar-refractivity contribution < 1.29 is 9.32 Å². The Balaban J connectivity index is 0.00000182. The number of hydrogen-bond donors (Lipinski definition) is 1. The number of aromatic nitrogens is 2. The lowest BCUT2D eigenvalue weighted by Crippen LogP contribution is -2.50. The number of nitrogens with two attached hydrogens (primary N) is 1. The molecular weight excluding hydrogens is 389 g/mol. The summed E-state index contributed by atoms with van der Waals surface area (Å²) in [6, 6.07) is 0. The van der Waals surface area contributed by atoms with Crippen LogP contribution >= 0.6 is 24.8 Å². The number of carbonyl (C=O) groups is 1. The van der Waals surface area contributed by atoms with E-state index in [2.05, 4.69) is 35.8 Å². The van der Waals surface area contributed by atoms with Gasteiger partial charge in [-0.25, -0.2) is 0 Å². The van der Waals surface area contributed by atoms with Gasteiger partial charge in [0.1, 0.15) is 0 Å². The van der Waals surface area contributed by atoms with Gasteiger partial charge in [0.25, 0.3) is 0 Å². The minimum absolute atomic E-state index is 0. The first-order valence-corrected chi connectivity index (χ1v) is 9.42. The van der Waals surface area contributed by atoms with Crippen LogP contribution in [0.15, 0.2) is 4.52 Å². The molecule has 1 saturated carbocycles. The minimum Gasteiger partial charge on any atom is -0.340 e. The minimum atomic E-state index is -0.128. The van der Waals surface area contributed by atoms with Crippen LogP contribution in [0.5, 0.6) is 0 Å². The zero-order valence-electron chi connectivity index (χ0n) is 16.5. The molecule has 3 rings (SSSR count). The summed E-state index contributed by atoms with van der Waals surface area (Å²) in [5.41, 5.74) is 5.70. The third kappa shape index (κ3) is 5.79. The fourth-order valence-electron chi connectivity index (χ4n) is 3.83. The predicted octanol–water partition coefficient (Wildman–Crippen LogP) is 2.23. The van der Waals surface area contributed by atoms with Gasteiger partial charge in [-0.15, -0.1) is 24.8 Å². The fourth-order valence-corrected chi connectivity index (χ4v) is 3.83. The Hall–Kier alpha value is -0.890. The van der Waals surface area contributed by atoms with E-state index in [1.165, 1.54) is 0 Å². The van der Waals surface area contributed by atoms with Crippen LogP contribution < -0.4 is 5.73 Å². The molecule has 1 amide bonds. The Morgan fingerprint density at radius 1 is 1.19 bits per heavy atom. The Morgan fingerprint density at radius 3 is 2.41 bits per heavy atom. The van der Waals surface area contributed by atoms with E-state index >= 15 is 0 Å². The monoisotopic (exact) mass is 421 g/mol. The van der Waals surface area contributed by atoms with Crippen LogP contribution in [0.25, 0.3) is 0 Å². The maximum Gasteiger partial charge on any atom is 0.232 e. The van der Waals surface area contributed by atoms with Crippen molar-refractivity contribution in [3.63, 3.8) is 0 Å². The second-order valence-electron chi connectivity index (χ2n) is 8.40. The van der Waals surface area contributed by atoms with E-state index in [1.54, 1.807) is 0 Å². The standard InChI is InChI=1S/C18H31N5O2.2ClH/c1-18(2,3)17-20-15(21-25-17)12-22-7-9-23(10-8-22)16(24)14-6-4-5-13(14)11-19;;/h13-14H,4-12,19H2,1-3H3;2*1H/t13-,14-;;/m1../s1. The molecule has 1 saturated heterocycles. The molecule has 0 radical (unpaired) electrons. The van der Waals surface area contributed by atoms with Crippen molar-refractivity contribution in [3.8, 4) is 0 Å². The highest BCUT2D eigenvalue weighted by molar-refractivity contribution is 5.85. The van der Waals surface area contributed by atoms with Crippen molar-refractivity contribution in [1.29, 1.82) is 0 Å². The molecule has 2 heterocycles. The fraction of sp³-hybridized carbons (Fsp3) is 0.833. The van der Waals surface area contributed by atoms with Gasteiger partial charge in [-0.2, -0.15) is 4.98 Å². The lowest BCUT2D eigenvalue weighted by atomic mass is 9.94. The van der Waals surface area contributed by atoms with Crippen molar-refractivity contribution in [3.05, 3.63) is 11.7 Å². The van der Waals surface area contributed by atoms with Gasteiger partial charge in [0.05, 0.1) is 6.54 Å². The van der Waals surface area contributed by atoms with Crippen molar-refractivity contribution in [2.75, 3.05) is 32.7 Å². The molecule has 0 aromatic carbocycles. The van der Waals surface area contributed by atoms with Gasteiger partial charge < -0.3 is 15.2 Å². The highest BCUT2D eigenvalue weighted by atomic mass is 35.5. The maximum absolute atomic E-state index is 12.8. The van der Waals surface area contributed by atoms with Gasteiger partial charge in [0.15, 0.2) is 5.82 Å². The number of halogens is 2. The molecule has 2 atom stereocenters. The molecular formula is C18H33Cl2N5O2. The van der Waals surface area contributed by atoms with Gasteiger partial charge in [0, 0.05) is 37.5 Å². The molecule has 7 nitrogen and oxygen atoms in total. The first-order chi connectivity index (χ1) is 11.9. The summed E-state index contributed by atoms with van der Waals surface area (Å²) in [6.45, 7) is 10.7. The van der Waals surface area contributed by atoms with Crippen molar-refractivity contribution >= 4 is 30.7 Å². The third-order valence-electron chi connectivity index (χ3n) is 5.44. The molecule has 1 aliphatic heterocycles. The number of rotatable bonds is 4. The van der Waals surface area contributed by atoms with Crippen LogP contribution in [0.3, 0.4) is 0 Å². The molecule has 0 bridgehead atoms. The molecule has 9 heteroatoms. The average Bonchev–Trinajstić information content (AvgIpc) is 3.23. The van der Waals surface area contributed by atoms with Gasteiger partial charge in [-0.1, -0.05) is 32.3 Å². The SMILES string of the molecule is CC(C)(C)c1nc(CN2CCN(C(=O)[C@@H]3CCC[C@@H]3CN)CC2)no1.Cl.Cl. The molecule has 27 heavy (non-hydrogen) atoms. The summed E-state index contributed by atoms with van der Waals surface area (Å²) in [6.07, 6.45) is 3.23. The second-order valence-corrected chi connectivity index (χ2v) is 8.40. The number of amides is 1. The Morgan fingerprint density at radius 2 is 1.85 bits per heavy atom. The number of nitrogens with zero attached hydrogens (tertiary/aromatic N) is 4. The number of piperazine rings is 1. The Bertz CT molecular complexity index is 597. The van der Waals surface area contributed by atoms with Crippen LogP contribution in [0.1, 0.15) is 51.7 Å². The van der Waals surface area contributed by atoms with Crippen molar-refractivity contribution in [2.45, 2.75) is 52.0 Å². The Kier molecular flexibility index (Phi) is 8.99. The van der Waals surface area contributed by atoms with Crippen molar-refractivity contribution in [2.24, 2.45) is 17.6 Å². The highest BCUT2D eigenvalue weighted by Crippen LogP contribution is 2.32. The molecule has 2 aliphatic rings. The first kappa shape index (κ1) is 24.1. The average molecular weight is 422 g/mol. The highest BCUT2D eigenvalue weighted by Gasteiger charge is 2.35. The zero-order valence-corrected chi connectivity index (χ0v) is 18.2. The van der Waals surface area contributed by atoms with Crippen molar-refractivity contribution in [1.82, 2.24) is 19.9 Å². The van der Waals surface area contributed by atoms with E-state index in [0.717, 1.165) is 51.3 Å². The molecule has 1 aromatic rings. The zero-order chi connectivity index (χ0) is 18.0. The molecule has 2 fully saturated rings.